The third kappa shape index (κ3) is 7.06. The molecule has 1 aromatic rings. The number of hydrogen-bond donors (Lipinski definition) is 2. The van der Waals surface area contributed by atoms with Gasteiger partial charge in [-0.25, -0.2) is 0 Å². The average molecular weight is 328 g/mol. The zero-order valence-electron chi connectivity index (χ0n) is 12.1. The van der Waals surface area contributed by atoms with Crippen molar-refractivity contribution < 1.29 is 44.1 Å². The number of rotatable bonds is 6. The van der Waals surface area contributed by atoms with E-state index in [0.29, 0.717) is 5.02 Å². The molecule has 0 saturated carbocycles. The van der Waals surface area contributed by atoms with Gasteiger partial charge in [-0.15, -0.1) is 0 Å². The maximum atomic E-state index is 12.0. The summed E-state index contributed by atoms with van der Waals surface area (Å²) in [6.07, 6.45) is -1.12. The molecule has 0 aliphatic rings. The minimum atomic E-state index is -3.65. The Balaban J connectivity index is 0.00000361. The molecule has 7 heteroatoms. The summed E-state index contributed by atoms with van der Waals surface area (Å²) in [6, 6.07) is 6.72. The minimum Gasteiger partial charge on any atom is -0.799 e. The molecule has 0 saturated heterocycles. The molecule has 0 aliphatic carbocycles. The molecule has 0 aliphatic heterocycles. The van der Waals surface area contributed by atoms with Crippen molar-refractivity contribution in [3.05, 3.63) is 34.9 Å². The fourth-order valence-corrected chi connectivity index (χ4v) is 4.28. The monoisotopic (exact) mass is 327 g/mol. The van der Waals surface area contributed by atoms with E-state index in [1.54, 1.807) is 31.2 Å². The molecule has 4 nitrogen and oxygen atoms in total. The molecule has 0 radical (unpaired) electrons. The van der Waals surface area contributed by atoms with Crippen molar-refractivity contribution in [3.8, 4) is 0 Å². The Bertz CT molecular complexity index is 453. The summed E-state index contributed by atoms with van der Waals surface area (Å²) in [5.74, 6) is -0.292. The number of aliphatic hydroxyl groups excluding tert-OH is 1. The molecule has 108 valence electrons. The van der Waals surface area contributed by atoms with E-state index in [0.717, 1.165) is 5.56 Å². The van der Waals surface area contributed by atoms with E-state index in [2.05, 4.69) is 0 Å². The largest absolute Gasteiger partial charge is 1.00 e. The number of nitrogens with two attached hydrogens (primary N) is 1. The molecule has 0 aromatic heterocycles. The van der Waals surface area contributed by atoms with E-state index in [1.165, 1.54) is 6.92 Å². The quantitative estimate of drug-likeness (QED) is 0.507. The summed E-state index contributed by atoms with van der Waals surface area (Å²) >= 11 is 5.82. The second-order valence-corrected chi connectivity index (χ2v) is 7.84. The first-order valence-electron chi connectivity index (χ1n) is 6.19. The summed E-state index contributed by atoms with van der Waals surface area (Å²) in [4.78, 5) is 12.0. The Kier molecular flexibility index (Phi) is 9.19. The van der Waals surface area contributed by atoms with Crippen LogP contribution in [0.15, 0.2) is 24.3 Å². The van der Waals surface area contributed by atoms with Gasteiger partial charge in [0.25, 0.3) is 0 Å². The van der Waals surface area contributed by atoms with Gasteiger partial charge >= 0.3 is 29.6 Å². The molecule has 4 atom stereocenters. The van der Waals surface area contributed by atoms with Gasteiger partial charge in [0.15, 0.2) is 0 Å². The van der Waals surface area contributed by atoms with E-state index in [9.17, 15) is 14.6 Å². The average Bonchev–Trinajstić information content (AvgIpc) is 2.25. The van der Waals surface area contributed by atoms with Crippen LogP contribution in [0, 0.1) is 0 Å². The molecule has 0 bridgehead atoms. The number of aliphatic hydroxyl groups is 1. The van der Waals surface area contributed by atoms with Crippen LogP contribution in [-0.4, -0.2) is 29.6 Å². The van der Waals surface area contributed by atoms with Crippen LogP contribution in [0.4, 0.5) is 0 Å². The Hall–Kier alpha value is 0.620. The molecule has 1 aromatic carbocycles. The van der Waals surface area contributed by atoms with Crippen LogP contribution in [0.5, 0.6) is 0 Å². The summed E-state index contributed by atoms with van der Waals surface area (Å²) in [6.45, 7) is 3.25. The van der Waals surface area contributed by atoms with Crippen molar-refractivity contribution in [2.24, 2.45) is 5.73 Å². The Morgan fingerprint density at radius 2 is 1.80 bits per heavy atom. The van der Waals surface area contributed by atoms with Crippen molar-refractivity contribution in [3.63, 3.8) is 0 Å². The van der Waals surface area contributed by atoms with Crippen molar-refractivity contribution >= 4 is 19.0 Å². The molecule has 0 spiro atoms. The normalized spacial score (nSPS) is 18.5. The van der Waals surface area contributed by atoms with Gasteiger partial charge in [0.1, 0.15) is 0 Å². The second-order valence-electron chi connectivity index (χ2n) is 5.05. The number of benzene rings is 1. The van der Waals surface area contributed by atoms with Gasteiger partial charge in [-0.2, -0.15) is 0 Å². The third-order valence-electron chi connectivity index (χ3n) is 2.95. The fraction of sp³-hybridized carbons (Fsp3) is 0.538. The molecule has 0 amide bonds. The third-order valence-corrected chi connectivity index (χ3v) is 5.24. The Morgan fingerprint density at radius 3 is 2.20 bits per heavy atom. The van der Waals surface area contributed by atoms with Crippen LogP contribution in [0.1, 0.15) is 25.3 Å². The molecule has 20 heavy (non-hydrogen) atoms. The molecule has 4 unspecified atom stereocenters. The van der Waals surface area contributed by atoms with Crippen molar-refractivity contribution in [1.29, 1.82) is 0 Å². The first-order chi connectivity index (χ1) is 8.71. The zero-order chi connectivity index (χ0) is 14.6. The Morgan fingerprint density at radius 1 is 1.30 bits per heavy atom. The maximum Gasteiger partial charge on any atom is 1.00 e. The summed E-state index contributed by atoms with van der Waals surface area (Å²) in [5, 5.41) is 9.82. The Labute approximate surface area is 147 Å². The molecular weight excluding hydrogens is 308 g/mol. The van der Waals surface area contributed by atoms with Crippen LogP contribution in [-0.2, 0) is 4.57 Å². The van der Waals surface area contributed by atoms with Crippen LogP contribution < -0.4 is 40.2 Å². The van der Waals surface area contributed by atoms with Crippen molar-refractivity contribution in [2.45, 2.75) is 31.9 Å². The summed E-state index contributed by atoms with van der Waals surface area (Å²) in [5.41, 5.74) is 6.74. The summed E-state index contributed by atoms with van der Waals surface area (Å²) < 4.78 is 12.0. The fourth-order valence-electron chi connectivity index (χ4n) is 2.06. The predicted octanol–water partition coefficient (Wildman–Crippen LogP) is -1.21. The molecule has 0 fully saturated rings. The zero-order valence-corrected chi connectivity index (χ0v) is 15.8. The van der Waals surface area contributed by atoms with Crippen LogP contribution in [0.25, 0.3) is 0 Å². The maximum absolute atomic E-state index is 12.0. The second kappa shape index (κ2) is 8.92. The molecule has 3 N–H and O–H groups in total. The van der Waals surface area contributed by atoms with Gasteiger partial charge in [0.05, 0.1) is 6.10 Å². The number of halogens is 1. The van der Waals surface area contributed by atoms with E-state index >= 15 is 0 Å². The smallest absolute Gasteiger partial charge is 0.799 e. The van der Waals surface area contributed by atoms with Gasteiger partial charge in [-0.3, -0.25) is 0 Å². The molecule has 0 heterocycles. The molecule has 1 rings (SSSR count). The topological polar surface area (TPSA) is 86.4 Å². The summed E-state index contributed by atoms with van der Waals surface area (Å²) in [7, 11) is -3.65. The SMILES string of the molecule is CC(O)CP(=O)([O-])CC(c1ccc(Cl)cc1)C(C)N.[Na+]. The van der Waals surface area contributed by atoms with Gasteiger partial charge < -0.3 is 20.3 Å². The van der Waals surface area contributed by atoms with E-state index in [4.69, 9.17) is 17.3 Å². The van der Waals surface area contributed by atoms with Crippen LogP contribution >= 0.6 is 19.0 Å². The van der Waals surface area contributed by atoms with Gasteiger partial charge in [0, 0.05) is 30.5 Å². The minimum absolute atomic E-state index is 0. The van der Waals surface area contributed by atoms with Crippen molar-refractivity contribution in [1.82, 2.24) is 0 Å². The first-order valence-corrected chi connectivity index (χ1v) is 8.57. The van der Waals surface area contributed by atoms with Gasteiger partial charge in [-0.1, -0.05) is 23.7 Å². The first kappa shape index (κ1) is 20.6. The molecular formula is C13H20ClNNaO3P. The van der Waals surface area contributed by atoms with Gasteiger partial charge in [0.2, 0.25) is 0 Å². The van der Waals surface area contributed by atoms with Gasteiger partial charge in [-0.05, 0) is 37.7 Å². The number of hydrogen-bond acceptors (Lipinski definition) is 4. The van der Waals surface area contributed by atoms with Crippen molar-refractivity contribution in [2.75, 3.05) is 12.3 Å². The van der Waals surface area contributed by atoms with Crippen LogP contribution in [0.2, 0.25) is 5.02 Å². The standard InChI is InChI=1S/C13H21ClNO3P.Na/c1-9(16)7-19(17,18)8-13(10(2)15)11-3-5-12(14)6-4-11;/h3-6,9-10,13,16H,7-8,15H2,1-2H3,(H,17,18);/q;+1/p-1. The van der Waals surface area contributed by atoms with Crippen LogP contribution in [0.3, 0.4) is 0 Å². The predicted molar refractivity (Wildman–Crippen MR) is 76.9 cm³/mol. The van der Waals surface area contributed by atoms with E-state index < -0.39 is 13.5 Å². The van der Waals surface area contributed by atoms with E-state index in [1.807, 2.05) is 0 Å². The van der Waals surface area contributed by atoms with E-state index in [-0.39, 0.29) is 53.8 Å².